The summed E-state index contributed by atoms with van der Waals surface area (Å²) in [6.07, 6.45) is -0.939. The van der Waals surface area contributed by atoms with Gasteiger partial charge in [-0.05, 0) is 49.2 Å². The minimum atomic E-state index is -0.470. The Morgan fingerprint density at radius 1 is 0.758 bits per heavy atom. The zero-order chi connectivity index (χ0) is 23.6. The molecule has 6 nitrogen and oxygen atoms in total. The fourth-order valence-corrected chi connectivity index (χ4v) is 4.23. The van der Waals surface area contributed by atoms with Gasteiger partial charge < -0.3 is 19.7 Å². The molecular weight excluding hydrogens is 416 g/mol. The van der Waals surface area contributed by atoms with Gasteiger partial charge in [-0.3, -0.25) is 9.80 Å². The van der Waals surface area contributed by atoms with Gasteiger partial charge in [0, 0.05) is 43.7 Å². The van der Waals surface area contributed by atoms with E-state index in [0.717, 1.165) is 24.6 Å². The highest BCUT2D eigenvalue weighted by Gasteiger charge is 2.31. The quantitative estimate of drug-likeness (QED) is 0.481. The molecule has 0 spiro atoms. The Balaban J connectivity index is 1.27. The van der Waals surface area contributed by atoms with Gasteiger partial charge in [0.1, 0.15) is 36.9 Å². The van der Waals surface area contributed by atoms with Crippen molar-refractivity contribution in [2.75, 3.05) is 39.4 Å². The van der Waals surface area contributed by atoms with Crippen molar-refractivity contribution in [3.63, 3.8) is 0 Å². The van der Waals surface area contributed by atoms with E-state index in [1.807, 2.05) is 24.3 Å². The molecule has 33 heavy (non-hydrogen) atoms. The minimum absolute atomic E-state index is 0.180. The Bertz CT molecular complexity index is 826. The predicted molar refractivity (Wildman–Crippen MR) is 130 cm³/mol. The lowest BCUT2D eigenvalue weighted by Gasteiger charge is -2.26. The fraction of sp³-hybridized carbons (Fsp3) is 0.556. The molecule has 0 amide bonds. The molecule has 0 radical (unpaired) electrons. The number of ether oxygens (including phenoxy) is 2. The van der Waals surface area contributed by atoms with E-state index >= 15 is 0 Å². The normalized spacial score (nSPS) is 25.9. The van der Waals surface area contributed by atoms with Gasteiger partial charge >= 0.3 is 0 Å². The third kappa shape index (κ3) is 6.48. The molecule has 6 unspecified atom stereocenters. The molecule has 6 atom stereocenters. The molecule has 2 fully saturated rings. The highest BCUT2D eigenvalue weighted by atomic mass is 16.5. The Morgan fingerprint density at radius 2 is 1.09 bits per heavy atom. The standard InChI is InChI=1S/C27H38N2O4/c1-19-13-28(19)15-23(30)17-32-25-9-5-21(6-10-25)27(3,4)22-7-11-26(12-8-22)33-18-24(31)16-29-14-20(29)2/h5-12,19-20,23-24,30-31H,13-18H2,1-4H3. The highest BCUT2D eigenvalue weighted by Crippen LogP contribution is 2.33. The molecule has 2 N–H and O–H groups in total. The van der Waals surface area contributed by atoms with Crippen LogP contribution in [0.5, 0.6) is 11.5 Å². The van der Waals surface area contributed by atoms with Gasteiger partial charge in [0.15, 0.2) is 0 Å². The molecule has 0 aliphatic carbocycles. The summed E-state index contributed by atoms with van der Waals surface area (Å²) in [7, 11) is 0. The van der Waals surface area contributed by atoms with Crippen molar-refractivity contribution in [3.8, 4) is 11.5 Å². The molecular formula is C27H38N2O4. The Hall–Kier alpha value is -2.12. The summed E-state index contributed by atoms with van der Waals surface area (Å²) in [6.45, 7) is 12.8. The molecule has 2 aliphatic heterocycles. The number of β-amino-alcohol motifs (C(OH)–C–C–N with tert-alkyl or cyclic N) is 2. The van der Waals surface area contributed by atoms with Crippen molar-refractivity contribution >= 4 is 0 Å². The molecule has 2 aliphatic rings. The number of nitrogens with zero attached hydrogens (tertiary/aromatic N) is 2. The summed E-state index contributed by atoms with van der Waals surface area (Å²) < 4.78 is 11.6. The molecule has 2 aromatic carbocycles. The van der Waals surface area contributed by atoms with Crippen LogP contribution in [0.4, 0.5) is 0 Å². The minimum Gasteiger partial charge on any atom is -0.491 e. The van der Waals surface area contributed by atoms with E-state index in [4.69, 9.17) is 9.47 Å². The van der Waals surface area contributed by atoms with Crippen LogP contribution < -0.4 is 9.47 Å². The average Bonchev–Trinajstić information content (AvgIpc) is 3.69. The molecule has 180 valence electrons. The molecule has 0 saturated carbocycles. The van der Waals surface area contributed by atoms with Crippen LogP contribution in [-0.4, -0.2) is 83.7 Å². The van der Waals surface area contributed by atoms with Crippen molar-refractivity contribution in [2.45, 2.75) is 57.4 Å². The molecule has 0 bridgehead atoms. The zero-order valence-corrected chi connectivity index (χ0v) is 20.3. The number of aliphatic hydroxyl groups is 2. The van der Waals surface area contributed by atoms with Crippen molar-refractivity contribution in [1.82, 2.24) is 9.80 Å². The van der Waals surface area contributed by atoms with E-state index in [-0.39, 0.29) is 5.41 Å². The lowest BCUT2D eigenvalue weighted by Crippen LogP contribution is -2.26. The summed E-state index contributed by atoms with van der Waals surface area (Å²) in [4.78, 5) is 4.45. The van der Waals surface area contributed by atoms with Crippen molar-refractivity contribution < 1.29 is 19.7 Å². The van der Waals surface area contributed by atoms with Crippen molar-refractivity contribution in [1.29, 1.82) is 0 Å². The van der Waals surface area contributed by atoms with Crippen LogP contribution in [0.3, 0.4) is 0 Å². The molecule has 2 aromatic rings. The van der Waals surface area contributed by atoms with Gasteiger partial charge in [-0.2, -0.15) is 0 Å². The summed E-state index contributed by atoms with van der Waals surface area (Å²) >= 11 is 0. The summed E-state index contributed by atoms with van der Waals surface area (Å²) in [6, 6.07) is 17.4. The maximum atomic E-state index is 10.1. The van der Waals surface area contributed by atoms with Crippen LogP contribution in [-0.2, 0) is 5.41 Å². The molecule has 6 heteroatoms. The monoisotopic (exact) mass is 454 g/mol. The van der Waals surface area contributed by atoms with E-state index in [1.165, 1.54) is 11.1 Å². The van der Waals surface area contributed by atoms with Crippen LogP contribution in [0.2, 0.25) is 0 Å². The van der Waals surface area contributed by atoms with E-state index in [2.05, 4.69) is 61.8 Å². The third-order valence-corrected chi connectivity index (χ3v) is 6.90. The molecule has 2 heterocycles. The van der Waals surface area contributed by atoms with E-state index in [1.54, 1.807) is 0 Å². The average molecular weight is 455 g/mol. The highest BCUT2D eigenvalue weighted by molar-refractivity contribution is 5.41. The number of hydrogen-bond acceptors (Lipinski definition) is 6. The number of hydrogen-bond donors (Lipinski definition) is 2. The van der Waals surface area contributed by atoms with Gasteiger partial charge in [-0.25, -0.2) is 0 Å². The predicted octanol–water partition coefficient (Wildman–Crippen LogP) is 2.90. The smallest absolute Gasteiger partial charge is 0.119 e. The maximum absolute atomic E-state index is 10.1. The first-order valence-electron chi connectivity index (χ1n) is 12.0. The summed E-state index contributed by atoms with van der Waals surface area (Å²) in [5, 5.41) is 20.2. The lowest BCUT2D eigenvalue weighted by molar-refractivity contribution is 0.0924. The van der Waals surface area contributed by atoms with Gasteiger partial charge in [-0.1, -0.05) is 38.1 Å². The van der Waals surface area contributed by atoms with Gasteiger partial charge in [0.05, 0.1) is 0 Å². The van der Waals surface area contributed by atoms with Crippen LogP contribution in [0, 0.1) is 0 Å². The Morgan fingerprint density at radius 3 is 1.39 bits per heavy atom. The number of rotatable bonds is 12. The topological polar surface area (TPSA) is 64.9 Å². The summed E-state index contributed by atoms with van der Waals surface area (Å²) in [5.41, 5.74) is 2.19. The third-order valence-electron chi connectivity index (χ3n) is 6.90. The van der Waals surface area contributed by atoms with Crippen LogP contribution in [0.15, 0.2) is 48.5 Å². The number of benzene rings is 2. The second-order valence-corrected chi connectivity index (χ2v) is 10.2. The maximum Gasteiger partial charge on any atom is 0.119 e. The van der Waals surface area contributed by atoms with Gasteiger partial charge in [-0.15, -0.1) is 0 Å². The first kappa shape index (κ1) is 24.0. The SMILES string of the molecule is CC1CN1CC(O)COc1ccc(C(C)(C)c2ccc(OCC(O)CN3CC3C)cc2)cc1. The van der Waals surface area contributed by atoms with E-state index in [9.17, 15) is 10.2 Å². The van der Waals surface area contributed by atoms with Gasteiger partial charge in [0.25, 0.3) is 0 Å². The summed E-state index contributed by atoms with van der Waals surface area (Å²) in [5.74, 6) is 1.54. The Labute approximate surface area is 197 Å². The van der Waals surface area contributed by atoms with Crippen LogP contribution in [0.1, 0.15) is 38.8 Å². The van der Waals surface area contributed by atoms with Crippen LogP contribution in [0.25, 0.3) is 0 Å². The van der Waals surface area contributed by atoms with E-state index in [0.29, 0.717) is 38.4 Å². The molecule has 2 saturated heterocycles. The first-order chi connectivity index (χ1) is 15.7. The fourth-order valence-electron chi connectivity index (χ4n) is 4.23. The largest absolute Gasteiger partial charge is 0.491 e. The van der Waals surface area contributed by atoms with Crippen molar-refractivity contribution in [2.24, 2.45) is 0 Å². The van der Waals surface area contributed by atoms with Gasteiger partial charge in [0.2, 0.25) is 0 Å². The van der Waals surface area contributed by atoms with E-state index < -0.39 is 12.2 Å². The Kier molecular flexibility index (Phi) is 7.29. The zero-order valence-electron chi connectivity index (χ0n) is 20.3. The second-order valence-electron chi connectivity index (χ2n) is 10.2. The number of aliphatic hydroxyl groups excluding tert-OH is 2. The molecule has 0 aromatic heterocycles. The second kappa shape index (κ2) is 10.0. The first-order valence-corrected chi connectivity index (χ1v) is 12.0. The molecule has 4 rings (SSSR count). The lowest BCUT2D eigenvalue weighted by atomic mass is 9.78. The van der Waals surface area contributed by atoms with Crippen LogP contribution >= 0.6 is 0 Å². The van der Waals surface area contributed by atoms with Crippen molar-refractivity contribution in [3.05, 3.63) is 59.7 Å².